The van der Waals surface area contributed by atoms with Gasteiger partial charge in [-0.25, -0.2) is 8.78 Å². The van der Waals surface area contributed by atoms with Crippen LogP contribution in [0.15, 0.2) is 28.8 Å². The molecule has 1 saturated carbocycles. The van der Waals surface area contributed by atoms with Crippen molar-refractivity contribution >= 4 is 5.97 Å². The number of aromatic nitrogens is 4. The van der Waals surface area contributed by atoms with Gasteiger partial charge in [-0.3, -0.25) is 9.48 Å². The van der Waals surface area contributed by atoms with Gasteiger partial charge in [0.2, 0.25) is 0 Å². The number of alkyl halides is 2. The fourth-order valence-electron chi connectivity index (χ4n) is 3.89. The molecule has 1 N–H and O–H groups in total. The zero-order valence-corrected chi connectivity index (χ0v) is 16.0. The van der Waals surface area contributed by atoms with Gasteiger partial charge in [0.15, 0.2) is 5.82 Å². The number of carboxylic acid groups (broad SMARTS) is 1. The van der Waals surface area contributed by atoms with Gasteiger partial charge in [0.25, 0.3) is 12.3 Å². The van der Waals surface area contributed by atoms with Crippen molar-refractivity contribution in [3.63, 3.8) is 0 Å². The highest BCUT2D eigenvalue weighted by Crippen LogP contribution is 2.54. The summed E-state index contributed by atoms with van der Waals surface area (Å²) >= 11 is 0. The maximum Gasteiger partial charge on any atom is 0.305 e. The minimum Gasteiger partial charge on any atom is -0.481 e. The summed E-state index contributed by atoms with van der Waals surface area (Å²) in [7, 11) is 0. The Kier molecular flexibility index (Phi) is 4.68. The van der Waals surface area contributed by atoms with E-state index in [1.807, 2.05) is 32.0 Å². The number of aryl methyl sites for hydroxylation is 3. The Balaban J connectivity index is 1.72. The molecular formula is C20H20F2N4O3. The molecule has 1 aliphatic carbocycles. The minimum atomic E-state index is -2.79. The molecule has 1 aromatic carbocycles. The maximum atomic E-state index is 13.1. The summed E-state index contributed by atoms with van der Waals surface area (Å²) in [6.07, 6.45) is -1.30. The van der Waals surface area contributed by atoms with Crippen LogP contribution in [0, 0.1) is 13.8 Å². The van der Waals surface area contributed by atoms with Crippen LogP contribution in [0.3, 0.4) is 0 Å². The van der Waals surface area contributed by atoms with Crippen molar-refractivity contribution < 1.29 is 23.2 Å². The van der Waals surface area contributed by atoms with E-state index >= 15 is 0 Å². The highest BCUT2D eigenvalue weighted by molar-refractivity contribution is 5.66. The molecule has 152 valence electrons. The van der Waals surface area contributed by atoms with E-state index in [1.54, 1.807) is 0 Å². The molecule has 0 amide bonds. The first-order valence-electron chi connectivity index (χ1n) is 9.31. The highest BCUT2D eigenvalue weighted by Gasteiger charge is 2.51. The first-order valence-corrected chi connectivity index (χ1v) is 9.31. The van der Waals surface area contributed by atoms with Crippen LogP contribution in [-0.4, -0.2) is 31.0 Å². The van der Waals surface area contributed by atoms with Crippen LogP contribution in [0.1, 0.15) is 53.9 Å². The summed E-state index contributed by atoms with van der Waals surface area (Å²) in [5.41, 5.74) is 2.84. The van der Waals surface area contributed by atoms with E-state index in [9.17, 15) is 13.6 Å². The first-order chi connectivity index (χ1) is 13.8. The third kappa shape index (κ3) is 3.41. The summed E-state index contributed by atoms with van der Waals surface area (Å²) in [5.74, 6) is -0.486. The largest absolute Gasteiger partial charge is 0.481 e. The average molecular weight is 402 g/mol. The van der Waals surface area contributed by atoms with Crippen molar-refractivity contribution in [3.8, 4) is 11.6 Å². The summed E-state index contributed by atoms with van der Waals surface area (Å²) < 4.78 is 32.9. The van der Waals surface area contributed by atoms with E-state index in [4.69, 9.17) is 9.63 Å². The van der Waals surface area contributed by atoms with Crippen molar-refractivity contribution in [1.29, 1.82) is 0 Å². The smallest absolute Gasteiger partial charge is 0.305 e. The van der Waals surface area contributed by atoms with Gasteiger partial charge in [-0.1, -0.05) is 23.4 Å². The Hall–Kier alpha value is -3.10. The fourth-order valence-corrected chi connectivity index (χ4v) is 3.89. The normalized spacial score (nSPS) is 15.1. The zero-order chi connectivity index (χ0) is 20.8. The molecule has 4 rings (SSSR count). The molecule has 0 atom stereocenters. The SMILES string of the molecule is Cc1cccc(C)c1C1(c2noc(-c3cc(C(F)F)nn3CCC(=O)O)n2)CC1. The quantitative estimate of drug-likeness (QED) is 0.641. The molecule has 0 aliphatic heterocycles. The van der Waals surface area contributed by atoms with Crippen molar-refractivity contribution in [1.82, 2.24) is 19.9 Å². The van der Waals surface area contributed by atoms with Crippen LogP contribution < -0.4 is 0 Å². The van der Waals surface area contributed by atoms with E-state index in [2.05, 4.69) is 15.2 Å². The number of hydrogen-bond donors (Lipinski definition) is 1. The molecule has 7 nitrogen and oxygen atoms in total. The van der Waals surface area contributed by atoms with Gasteiger partial charge >= 0.3 is 5.97 Å². The van der Waals surface area contributed by atoms with Gasteiger partial charge in [-0.05, 0) is 49.4 Å². The molecule has 1 aliphatic rings. The van der Waals surface area contributed by atoms with Crippen molar-refractivity contribution in [2.75, 3.05) is 0 Å². The Morgan fingerprint density at radius 3 is 2.59 bits per heavy atom. The van der Waals surface area contributed by atoms with Crippen LogP contribution in [-0.2, 0) is 16.8 Å². The lowest BCUT2D eigenvalue weighted by Crippen LogP contribution is -2.14. The third-order valence-electron chi connectivity index (χ3n) is 5.34. The summed E-state index contributed by atoms with van der Waals surface area (Å²) in [6, 6.07) is 7.25. The average Bonchev–Trinajstić information content (AvgIpc) is 3.12. The van der Waals surface area contributed by atoms with Crippen LogP contribution in [0.5, 0.6) is 0 Å². The van der Waals surface area contributed by atoms with Crippen LogP contribution in [0.25, 0.3) is 11.6 Å². The number of carbonyl (C=O) groups is 1. The van der Waals surface area contributed by atoms with E-state index in [0.717, 1.165) is 24.0 Å². The molecule has 0 unspecified atom stereocenters. The fraction of sp³-hybridized carbons (Fsp3) is 0.400. The molecule has 0 bridgehead atoms. The van der Waals surface area contributed by atoms with E-state index in [0.29, 0.717) is 5.82 Å². The van der Waals surface area contributed by atoms with Gasteiger partial charge < -0.3 is 9.63 Å². The Labute approximate surface area is 165 Å². The number of benzene rings is 1. The Morgan fingerprint density at radius 2 is 2.00 bits per heavy atom. The molecule has 2 heterocycles. The molecule has 0 radical (unpaired) electrons. The van der Waals surface area contributed by atoms with Gasteiger partial charge in [-0.2, -0.15) is 10.1 Å². The lowest BCUT2D eigenvalue weighted by molar-refractivity contribution is -0.137. The minimum absolute atomic E-state index is 0.0577. The van der Waals surface area contributed by atoms with Gasteiger partial charge in [-0.15, -0.1) is 0 Å². The van der Waals surface area contributed by atoms with E-state index in [-0.39, 0.29) is 30.0 Å². The summed E-state index contributed by atoms with van der Waals surface area (Å²) in [4.78, 5) is 15.4. The number of carboxylic acids is 1. The van der Waals surface area contributed by atoms with Gasteiger partial charge in [0, 0.05) is 0 Å². The number of rotatable bonds is 7. The first kappa shape index (κ1) is 19.2. The van der Waals surface area contributed by atoms with Crippen molar-refractivity contribution in [3.05, 3.63) is 52.5 Å². The molecule has 29 heavy (non-hydrogen) atoms. The molecule has 1 fully saturated rings. The number of halogens is 2. The monoisotopic (exact) mass is 402 g/mol. The predicted molar refractivity (Wildman–Crippen MR) is 98.7 cm³/mol. The van der Waals surface area contributed by atoms with E-state index in [1.165, 1.54) is 16.3 Å². The van der Waals surface area contributed by atoms with E-state index < -0.39 is 18.1 Å². The van der Waals surface area contributed by atoms with Crippen molar-refractivity contribution in [2.45, 2.75) is 51.5 Å². The zero-order valence-electron chi connectivity index (χ0n) is 16.0. The van der Waals surface area contributed by atoms with Crippen LogP contribution in [0.2, 0.25) is 0 Å². The van der Waals surface area contributed by atoms with Gasteiger partial charge in [0.1, 0.15) is 11.4 Å². The molecule has 2 aromatic heterocycles. The molecule has 0 spiro atoms. The topological polar surface area (TPSA) is 94.0 Å². The second kappa shape index (κ2) is 7.06. The van der Waals surface area contributed by atoms with Crippen LogP contribution >= 0.6 is 0 Å². The van der Waals surface area contributed by atoms with Crippen molar-refractivity contribution in [2.24, 2.45) is 0 Å². The number of aliphatic carboxylic acids is 1. The summed E-state index contributed by atoms with van der Waals surface area (Å²) in [6.45, 7) is 4.01. The Bertz CT molecular complexity index is 1050. The number of hydrogen-bond acceptors (Lipinski definition) is 5. The van der Waals surface area contributed by atoms with Crippen LogP contribution in [0.4, 0.5) is 8.78 Å². The Morgan fingerprint density at radius 1 is 1.31 bits per heavy atom. The second-order valence-electron chi connectivity index (χ2n) is 7.39. The molecular weight excluding hydrogens is 382 g/mol. The lowest BCUT2D eigenvalue weighted by atomic mass is 9.87. The third-order valence-corrected chi connectivity index (χ3v) is 5.34. The predicted octanol–water partition coefficient (Wildman–Crippen LogP) is 4.04. The maximum absolute atomic E-state index is 13.1. The molecule has 0 saturated heterocycles. The molecule has 9 heteroatoms. The highest BCUT2D eigenvalue weighted by atomic mass is 19.3. The lowest BCUT2D eigenvalue weighted by Gasteiger charge is -2.17. The summed E-state index contributed by atoms with van der Waals surface area (Å²) in [5, 5.41) is 16.9. The standard InChI is InChI=1S/C20H20F2N4O3/c1-11-4-3-5-12(2)16(11)20(7-8-20)19-23-18(29-25-19)14-10-13(17(21)22)24-26(14)9-6-15(27)28/h3-5,10,17H,6-9H2,1-2H3,(H,27,28). The second-order valence-corrected chi connectivity index (χ2v) is 7.39. The van der Waals surface area contributed by atoms with Gasteiger partial charge in [0.05, 0.1) is 18.4 Å². The molecule has 3 aromatic rings. The number of nitrogens with zero attached hydrogens (tertiary/aromatic N) is 4.